The molecule has 2 aliphatic heterocycles. The zero-order valence-corrected chi connectivity index (χ0v) is 22.3. The molecule has 0 spiro atoms. The van der Waals surface area contributed by atoms with Gasteiger partial charge in [-0.05, 0) is 67.7 Å². The number of fused-ring (bicyclic) bond motifs is 4. The number of pyridine rings is 1. The third-order valence-corrected chi connectivity index (χ3v) is 6.62. The molecular weight excluding hydrogens is 424 g/mol. The Morgan fingerprint density at radius 1 is 1.21 bits per heavy atom. The van der Waals surface area contributed by atoms with Gasteiger partial charge in [-0.3, -0.25) is 4.79 Å². The highest BCUT2D eigenvalue weighted by Gasteiger charge is 2.41. The van der Waals surface area contributed by atoms with Gasteiger partial charge < -0.3 is 14.7 Å². The lowest BCUT2D eigenvalue weighted by Crippen LogP contribution is -2.40. The number of aromatic hydroxyl groups is 1. The van der Waals surface area contributed by atoms with Crippen LogP contribution in [0.5, 0.6) is 5.75 Å². The highest BCUT2D eigenvalue weighted by Crippen LogP contribution is 2.47. The monoisotopic (exact) mass is 464 g/mol. The van der Waals surface area contributed by atoms with Crippen LogP contribution >= 0.6 is 0 Å². The molecule has 3 heterocycles. The number of rotatable bonds is 5. The Balaban J connectivity index is 0.000000970. The van der Waals surface area contributed by atoms with Crippen LogP contribution in [0.3, 0.4) is 0 Å². The number of aromatic nitrogens is 1. The molecule has 4 rings (SSSR count). The van der Waals surface area contributed by atoms with Gasteiger partial charge >= 0.3 is 0 Å². The molecule has 5 nitrogen and oxygen atoms in total. The lowest BCUT2D eigenvalue weighted by Gasteiger charge is -2.36. The molecule has 0 radical (unpaired) electrons. The van der Waals surface area contributed by atoms with Gasteiger partial charge in [-0.25, -0.2) is 4.98 Å². The maximum Gasteiger partial charge on any atom is 0.165 e. The molecule has 0 saturated heterocycles. The minimum Gasteiger partial charge on any atom is -0.508 e. The number of carbonyl (C=O) groups is 1. The van der Waals surface area contributed by atoms with Crippen LogP contribution in [0.4, 0.5) is 0 Å². The van der Waals surface area contributed by atoms with Crippen molar-refractivity contribution in [1.82, 2.24) is 9.88 Å². The van der Waals surface area contributed by atoms with Crippen LogP contribution in [0.1, 0.15) is 78.6 Å². The number of ether oxygens (including phenoxy) is 1. The average molecular weight is 465 g/mol. The number of hydrogen-bond acceptors (Lipinski definition) is 5. The van der Waals surface area contributed by atoms with Crippen molar-refractivity contribution in [2.75, 3.05) is 7.11 Å². The fourth-order valence-corrected chi connectivity index (χ4v) is 4.71. The van der Waals surface area contributed by atoms with E-state index in [1.807, 2.05) is 40.7 Å². The highest BCUT2D eigenvalue weighted by molar-refractivity contribution is 5.93. The second-order valence-electron chi connectivity index (χ2n) is 8.07. The Morgan fingerprint density at radius 3 is 2.38 bits per heavy atom. The van der Waals surface area contributed by atoms with Crippen LogP contribution in [-0.4, -0.2) is 33.5 Å². The smallest absolute Gasteiger partial charge is 0.165 e. The molecule has 2 aromatic rings. The number of Topliss-reactive ketones (excluding diaryl/α,β-unsaturated/α-hetero) is 1. The Labute approximate surface area is 204 Å². The maximum absolute atomic E-state index is 12.5. The van der Waals surface area contributed by atoms with E-state index in [0.717, 1.165) is 57.5 Å². The van der Waals surface area contributed by atoms with E-state index in [-0.39, 0.29) is 11.5 Å². The van der Waals surface area contributed by atoms with E-state index in [2.05, 4.69) is 31.4 Å². The van der Waals surface area contributed by atoms with E-state index in [1.165, 1.54) is 5.56 Å². The molecule has 0 amide bonds. The minimum atomic E-state index is -1.04. The number of methoxy groups -OCH3 is 1. The first-order valence-corrected chi connectivity index (χ1v) is 12.4. The van der Waals surface area contributed by atoms with Gasteiger partial charge in [0.2, 0.25) is 0 Å². The maximum atomic E-state index is 12.5. The molecule has 1 unspecified atom stereocenters. The lowest BCUT2D eigenvalue weighted by molar-refractivity contribution is -0.132. The van der Waals surface area contributed by atoms with Gasteiger partial charge in [0.15, 0.2) is 5.78 Å². The third kappa shape index (κ3) is 4.29. The number of hydrogen-bond donors (Lipinski definition) is 1. The summed E-state index contributed by atoms with van der Waals surface area (Å²) in [5.41, 5.74) is 6.81. The van der Waals surface area contributed by atoms with Gasteiger partial charge in [-0.2, -0.15) is 0 Å². The van der Waals surface area contributed by atoms with Crippen LogP contribution < -0.4 is 0 Å². The van der Waals surface area contributed by atoms with E-state index in [9.17, 15) is 9.90 Å². The lowest BCUT2D eigenvalue weighted by atomic mass is 9.83. The van der Waals surface area contributed by atoms with Gasteiger partial charge in [-0.15, -0.1) is 0 Å². The number of ketones is 1. The SMILES string of the molecule is C=C1C(CC)=C(C(C)(OC)C(C)=O)C=C2c3nc4ccc(O)cc4c(CC)c3CN12.CC.CC. The van der Waals surface area contributed by atoms with E-state index in [4.69, 9.17) is 9.72 Å². The molecular formula is C29H40N2O3. The van der Waals surface area contributed by atoms with E-state index >= 15 is 0 Å². The van der Waals surface area contributed by atoms with Crippen LogP contribution in [0, 0.1) is 0 Å². The third-order valence-electron chi connectivity index (χ3n) is 6.62. The molecule has 0 saturated carbocycles. The number of phenolic OH excluding ortho intramolecular Hbond substituents is 1. The number of allylic oxidation sites excluding steroid dienone is 1. The van der Waals surface area contributed by atoms with Gasteiger partial charge in [0.1, 0.15) is 11.4 Å². The molecule has 0 aliphatic carbocycles. The summed E-state index contributed by atoms with van der Waals surface area (Å²) in [7, 11) is 1.57. The number of nitrogens with zero attached hydrogens (tertiary/aromatic N) is 2. The largest absolute Gasteiger partial charge is 0.508 e. The summed E-state index contributed by atoms with van der Waals surface area (Å²) in [5.74, 6) is 0.200. The van der Waals surface area contributed by atoms with Crippen LogP contribution in [0.15, 0.2) is 47.7 Å². The zero-order chi connectivity index (χ0) is 25.8. The van der Waals surface area contributed by atoms with Crippen molar-refractivity contribution < 1.29 is 14.6 Å². The Kier molecular flexibility index (Phi) is 8.84. The molecule has 5 heteroatoms. The molecule has 184 valence electrons. The van der Waals surface area contributed by atoms with Crippen molar-refractivity contribution in [3.63, 3.8) is 0 Å². The Morgan fingerprint density at radius 2 is 1.85 bits per heavy atom. The van der Waals surface area contributed by atoms with Crippen LogP contribution in [0.25, 0.3) is 16.6 Å². The van der Waals surface area contributed by atoms with Gasteiger partial charge in [0, 0.05) is 23.8 Å². The van der Waals surface area contributed by atoms with Gasteiger partial charge in [0.25, 0.3) is 0 Å². The second-order valence-corrected chi connectivity index (χ2v) is 8.07. The summed E-state index contributed by atoms with van der Waals surface area (Å²) < 4.78 is 5.72. The molecule has 34 heavy (non-hydrogen) atoms. The van der Waals surface area contributed by atoms with E-state index in [0.29, 0.717) is 6.54 Å². The first-order chi connectivity index (χ1) is 16.3. The van der Waals surface area contributed by atoms with Crippen molar-refractivity contribution in [2.45, 2.75) is 80.4 Å². The molecule has 1 aromatic heterocycles. The summed E-state index contributed by atoms with van der Waals surface area (Å²) >= 11 is 0. The summed E-state index contributed by atoms with van der Waals surface area (Å²) in [5, 5.41) is 11.0. The summed E-state index contributed by atoms with van der Waals surface area (Å²) in [6, 6.07) is 5.31. The highest BCUT2D eigenvalue weighted by atomic mass is 16.5. The number of benzene rings is 1. The first-order valence-electron chi connectivity index (χ1n) is 12.4. The fraction of sp³-hybridized carbons (Fsp3) is 0.448. The minimum absolute atomic E-state index is 0.0431. The van der Waals surface area contributed by atoms with E-state index in [1.54, 1.807) is 26.2 Å². The molecule has 1 atom stereocenters. The topological polar surface area (TPSA) is 62.7 Å². The van der Waals surface area contributed by atoms with Gasteiger partial charge in [-0.1, -0.05) is 48.1 Å². The summed E-state index contributed by atoms with van der Waals surface area (Å²) in [4.78, 5) is 19.7. The van der Waals surface area contributed by atoms with Crippen molar-refractivity contribution in [1.29, 1.82) is 0 Å². The summed E-state index contributed by atoms with van der Waals surface area (Å²) in [6.45, 7) is 20.6. The predicted octanol–water partition coefficient (Wildman–Crippen LogP) is 6.94. The Bertz CT molecular complexity index is 1160. The van der Waals surface area contributed by atoms with E-state index < -0.39 is 5.60 Å². The fourth-order valence-electron chi connectivity index (χ4n) is 4.71. The second kappa shape index (κ2) is 11.0. The quantitative estimate of drug-likeness (QED) is 0.519. The summed E-state index contributed by atoms with van der Waals surface area (Å²) in [6.07, 6.45) is 3.65. The Hall–Kier alpha value is -2.92. The number of carbonyl (C=O) groups excluding carboxylic acids is 1. The number of phenols is 1. The molecule has 1 aromatic carbocycles. The van der Waals surface area contributed by atoms with Crippen molar-refractivity contribution >= 4 is 22.4 Å². The van der Waals surface area contributed by atoms with Gasteiger partial charge in [0.05, 0.1) is 23.5 Å². The molecule has 2 aliphatic rings. The molecule has 0 fully saturated rings. The zero-order valence-electron chi connectivity index (χ0n) is 22.3. The molecule has 0 bridgehead atoms. The van der Waals surface area contributed by atoms with Crippen LogP contribution in [0.2, 0.25) is 0 Å². The first kappa shape index (κ1) is 27.3. The van der Waals surface area contributed by atoms with Crippen molar-refractivity contribution in [3.8, 4) is 5.75 Å². The van der Waals surface area contributed by atoms with Crippen LogP contribution in [-0.2, 0) is 22.5 Å². The predicted molar refractivity (Wildman–Crippen MR) is 142 cm³/mol. The number of aryl methyl sites for hydroxylation is 1. The molecule has 1 N–H and O–H groups in total. The van der Waals surface area contributed by atoms with Crippen molar-refractivity contribution in [2.24, 2.45) is 0 Å². The average Bonchev–Trinajstić information content (AvgIpc) is 3.22. The standard InChI is InChI=1S/C25H28N2O3.2C2H6/c1-7-17-14(3)27-13-20-18(8-2)19-11-16(29)9-10-22(19)26-24(20)23(27)12-21(17)25(5,30-6)15(4)28;2*1-2/h9-12,29H,3,7-8,13H2,1-2,4-6H3;2*1-2H3. The van der Waals surface area contributed by atoms with Crippen molar-refractivity contribution in [3.05, 3.63) is 64.5 Å². The normalized spacial score (nSPS) is 16.0.